The molecule has 2 heteroatoms. The van der Waals surface area contributed by atoms with Gasteiger partial charge in [-0.15, -0.1) is 11.8 Å². The highest BCUT2D eigenvalue weighted by atomic mass is 32.2. The van der Waals surface area contributed by atoms with Crippen LogP contribution in [0, 0.1) is 11.8 Å². The summed E-state index contributed by atoms with van der Waals surface area (Å²) in [7, 11) is 0. The topological polar surface area (TPSA) is 17.1 Å². The standard InChI is InChI=1S/C17H22OS/c1-17(15-9-10-15,11-16(18)14-7-8-14)19-12-13-5-3-2-4-6-13/h2-6,14-15H,7-12H2,1H3/t17-/m1/s1. The molecule has 19 heavy (non-hydrogen) atoms. The molecule has 1 nitrogen and oxygen atoms in total. The van der Waals surface area contributed by atoms with Crippen LogP contribution in [0.15, 0.2) is 30.3 Å². The second-order valence-corrected chi connectivity index (χ2v) is 7.79. The zero-order valence-electron chi connectivity index (χ0n) is 11.6. The molecule has 1 aromatic rings. The van der Waals surface area contributed by atoms with Crippen molar-refractivity contribution in [1.82, 2.24) is 0 Å². The first-order chi connectivity index (χ1) is 9.17. The third-order valence-electron chi connectivity index (χ3n) is 4.41. The summed E-state index contributed by atoms with van der Waals surface area (Å²) < 4.78 is 0.176. The van der Waals surface area contributed by atoms with E-state index in [0.29, 0.717) is 11.7 Å². The number of hydrogen-bond donors (Lipinski definition) is 0. The molecule has 0 unspecified atom stereocenters. The number of carbonyl (C=O) groups excluding carboxylic acids is 1. The number of thioether (sulfide) groups is 1. The Morgan fingerprint density at radius 1 is 1.21 bits per heavy atom. The van der Waals surface area contributed by atoms with Crippen LogP contribution in [0.5, 0.6) is 0 Å². The van der Waals surface area contributed by atoms with E-state index in [2.05, 4.69) is 37.3 Å². The molecule has 102 valence electrons. The van der Waals surface area contributed by atoms with Crippen molar-refractivity contribution in [2.45, 2.75) is 49.5 Å². The molecule has 0 N–H and O–H groups in total. The molecule has 0 heterocycles. The first-order valence-electron chi connectivity index (χ1n) is 7.38. The smallest absolute Gasteiger partial charge is 0.137 e. The third-order valence-corrected chi connectivity index (χ3v) is 6.03. The van der Waals surface area contributed by atoms with Gasteiger partial charge in [0.1, 0.15) is 5.78 Å². The normalized spacial score (nSPS) is 21.9. The van der Waals surface area contributed by atoms with Crippen molar-refractivity contribution < 1.29 is 4.79 Å². The third kappa shape index (κ3) is 3.42. The van der Waals surface area contributed by atoms with E-state index < -0.39 is 0 Å². The first kappa shape index (κ1) is 13.2. The van der Waals surface area contributed by atoms with E-state index in [1.54, 1.807) is 0 Å². The van der Waals surface area contributed by atoms with Crippen molar-refractivity contribution in [3.63, 3.8) is 0 Å². The highest BCUT2D eigenvalue weighted by Gasteiger charge is 2.45. The van der Waals surface area contributed by atoms with Gasteiger partial charge in [0, 0.05) is 22.8 Å². The molecule has 0 aliphatic heterocycles. The lowest BCUT2D eigenvalue weighted by molar-refractivity contribution is -0.120. The number of carbonyl (C=O) groups is 1. The van der Waals surface area contributed by atoms with Gasteiger partial charge in [-0.3, -0.25) is 4.79 Å². The van der Waals surface area contributed by atoms with Crippen molar-refractivity contribution in [3.8, 4) is 0 Å². The highest BCUT2D eigenvalue weighted by molar-refractivity contribution is 7.99. The highest BCUT2D eigenvalue weighted by Crippen LogP contribution is 2.51. The van der Waals surface area contributed by atoms with Crippen LogP contribution >= 0.6 is 11.8 Å². The molecule has 2 aliphatic carbocycles. The minimum Gasteiger partial charge on any atom is -0.299 e. The van der Waals surface area contributed by atoms with E-state index in [1.165, 1.54) is 18.4 Å². The summed E-state index contributed by atoms with van der Waals surface area (Å²) in [5.74, 6) is 2.74. The van der Waals surface area contributed by atoms with Crippen LogP contribution in [-0.2, 0) is 10.5 Å². The Kier molecular flexibility index (Phi) is 3.70. The largest absolute Gasteiger partial charge is 0.299 e. The Hall–Kier alpha value is -0.760. The molecule has 2 saturated carbocycles. The maximum absolute atomic E-state index is 12.2. The van der Waals surface area contributed by atoms with E-state index in [1.807, 2.05) is 11.8 Å². The molecule has 0 radical (unpaired) electrons. The number of benzene rings is 1. The summed E-state index contributed by atoms with van der Waals surface area (Å²) >= 11 is 2.00. The molecule has 2 fully saturated rings. The van der Waals surface area contributed by atoms with Gasteiger partial charge in [0.25, 0.3) is 0 Å². The Balaban J connectivity index is 1.61. The molecular weight excluding hydrogens is 252 g/mol. The number of ketones is 1. The molecule has 1 atom stereocenters. The molecule has 0 bridgehead atoms. The van der Waals surface area contributed by atoms with Gasteiger partial charge in [-0.1, -0.05) is 30.3 Å². The van der Waals surface area contributed by atoms with Crippen LogP contribution in [0.2, 0.25) is 0 Å². The molecular formula is C17H22OS. The summed E-state index contributed by atoms with van der Waals surface area (Å²) in [5, 5.41) is 0. The quantitative estimate of drug-likeness (QED) is 0.730. The summed E-state index contributed by atoms with van der Waals surface area (Å²) in [6.07, 6.45) is 5.71. The summed E-state index contributed by atoms with van der Waals surface area (Å²) in [6.45, 7) is 2.32. The molecule has 1 aromatic carbocycles. The molecule has 0 amide bonds. The average Bonchev–Trinajstić information content (AvgIpc) is 3.30. The second-order valence-electron chi connectivity index (χ2n) is 6.28. The van der Waals surface area contributed by atoms with Gasteiger partial charge in [0.15, 0.2) is 0 Å². The first-order valence-corrected chi connectivity index (χ1v) is 8.36. The molecule has 3 rings (SSSR count). The van der Waals surface area contributed by atoms with E-state index >= 15 is 0 Å². The predicted molar refractivity (Wildman–Crippen MR) is 81.2 cm³/mol. The predicted octanol–water partition coefficient (Wildman–Crippen LogP) is 4.46. The molecule has 0 aromatic heterocycles. The van der Waals surface area contributed by atoms with Crippen LogP contribution in [0.25, 0.3) is 0 Å². The monoisotopic (exact) mass is 274 g/mol. The number of Topliss-reactive ketones (excluding diaryl/α,β-unsaturated/α-hetero) is 1. The number of hydrogen-bond acceptors (Lipinski definition) is 2. The van der Waals surface area contributed by atoms with Crippen molar-refractivity contribution >= 4 is 17.5 Å². The zero-order valence-corrected chi connectivity index (χ0v) is 12.4. The summed E-state index contributed by atoms with van der Waals surface area (Å²) in [6, 6.07) is 10.6. The Bertz CT molecular complexity index is 448. The van der Waals surface area contributed by atoms with Crippen LogP contribution in [0.1, 0.15) is 44.6 Å². The lowest BCUT2D eigenvalue weighted by Crippen LogP contribution is -2.28. The van der Waals surface area contributed by atoms with Crippen LogP contribution in [-0.4, -0.2) is 10.5 Å². The fraction of sp³-hybridized carbons (Fsp3) is 0.588. The van der Waals surface area contributed by atoms with E-state index in [9.17, 15) is 4.79 Å². The van der Waals surface area contributed by atoms with Crippen molar-refractivity contribution in [1.29, 1.82) is 0 Å². The maximum atomic E-state index is 12.2. The van der Waals surface area contributed by atoms with Gasteiger partial charge in [-0.2, -0.15) is 0 Å². The lowest BCUT2D eigenvalue weighted by Gasteiger charge is -2.28. The average molecular weight is 274 g/mol. The molecule has 0 spiro atoms. The minimum absolute atomic E-state index is 0.176. The SMILES string of the molecule is C[C@](CC(=O)C1CC1)(SCc1ccccc1)C1CC1. The Morgan fingerprint density at radius 3 is 2.47 bits per heavy atom. The van der Waals surface area contributed by atoms with E-state index in [0.717, 1.165) is 30.9 Å². The summed E-state index contributed by atoms with van der Waals surface area (Å²) in [4.78, 5) is 12.2. The fourth-order valence-electron chi connectivity index (χ4n) is 2.73. The van der Waals surface area contributed by atoms with Crippen molar-refractivity contribution in [2.75, 3.05) is 0 Å². The second kappa shape index (κ2) is 5.32. The zero-order chi connectivity index (χ0) is 13.3. The van der Waals surface area contributed by atoms with Gasteiger partial charge >= 0.3 is 0 Å². The fourth-order valence-corrected chi connectivity index (χ4v) is 4.13. The van der Waals surface area contributed by atoms with Crippen LogP contribution in [0.3, 0.4) is 0 Å². The van der Waals surface area contributed by atoms with Crippen LogP contribution in [0.4, 0.5) is 0 Å². The van der Waals surface area contributed by atoms with Gasteiger partial charge in [0.2, 0.25) is 0 Å². The summed E-state index contributed by atoms with van der Waals surface area (Å²) in [5.41, 5.74) is 1.37. The van der Waals surface area contributed by atoms with Crippen molar-refractivity contribution in [2.24, 2.45) is 11.8 Å². The number of rotatable bonds is 7. The van der Waals surface area contributed by atoms with Crippen LogP contribution < -0.4 is 0 Å². The van der Waals surface area contributed by atoms with Gasteiger partial charge in [-0.05, 0) is 44.1 Å². The minimum atomic E-state index is 0.176. The Morgan fingerprint density at radius 2 is 1.89 bits per heavy atom. The maximum Gasteiger partial charge on any atom is 0.137 e. The molecule has 0 saturated heterocycles. The van der Waals surface area contributed by atoms with Gasteiger partial charge < -0.3 is 0 Å². The van der Waals surface area contributed by atoms with Gasteiger partial charge in [-0.25, -0.2) is 0 Å². The van der Waals surface area contributed by atoms with Crippen molar-refractivity contribution in [3.05, 3.63) is 35.9 Å². The molecule has 2 aliphatic rings. The van der Waals surface area contributed by atoms with E-state index in [-0.39, 0.29) is 4.75 Å². The van der Waals surface area contributed by atoms with E-state index in [4.69, 9.17) is 0 Å². The lowest BCUT2D eigenvalue weighted by atomic mass is 9.96. The Labute approximate surface area is 120 Å². The van der Waals surface area contributed by atoms with Gasteiger partial charge in [0.05, 0.1) is 0 Å².